The summed E-state index contributed by atoms with van der Waals surface area (Å²) in [6, 6.07) is 11.6. The number of carbonyl (C=O) groups is 1. The van der Waals surface area contributed by atoms with E-state index in [1.165, 1.54) is 11.8 Å². The number of hydrogen-bond donors (Lipinski definition) is 1. The highest BCUT2D eigenvalue weighted by Gasteiger charge is 2.18. The number of nitrogens with one attached hydrogen (secondary N) is 1. The van der Waals surface area contributed by atoms with Crippen LogP contribution in [-0.2, 0) is 4.79 Å². The second kappa shape index (κ2) is 10.1. The van der Waals surface area contributed by atoms with Crippen molar-refractivity contribution < 1.29 is 9.53 Å². The summed E-state index contributed by atoms with van der Waals surface area (Å²) >= 11 is 1.37. The number of hydrogen-bond acceptors (Lipinski definition) is 6. The molecule has 0 spiro atoms. The number of amides is 1. The van der Waals surface area contributed by atoms with Crippen LogP contribution in [0.5, 0.6) is 5.75 Å². The van der Waals surface area contributed by atoms with Crippen molar-refractivity contribution in [3.63, 3.8) is 0 Å². The van der Waals surface area contributed by atoms with Crippen LogP contribution >= 0.6 is 11.8 Å². The Hall–Kier alpha value is -2.87. The molecule has 0 unspecified atom stereocenters. The summed E-state index contributed by atoms with van der Waals surface area (Å²) in [6.45, 7) is 4.13. The fourth-order valence-corrected chi connectivity index (χ4v) is 3.73. The van der Waals surface area contributed by atoms with Gasteiger partial charge in [0.2, 0.25) is 5.91 Å². The summed E-state index contributed by atoms with van der Waals surface area (Å²) in [4.78, 5) is 16.4. The zero-order valence-corrected chi connectivity index (χ0v) is 17.6. The average molecular weight is 412 g/mol. The quantitative estimate of drug-likeness (QED) is 0.540. The van der Waals surface area contributed by atoms with E-state index >= 15 is 0 Å². The van der Waals surface area contributed by atoms with Crippen molar-refractivity contribution in [2.75, 3.05) is 12.9 Å². The standard InChI is InChI=1S/C21H25N5O2S/c1-4-5-15(2)23-19(27)14-29-21-25-24-20(16-10-12-22-13-11-16)26(21)17-6-8-18(28-3)9-7-17/h6-13,15H,4-5,14H2,1-3H3,(H,23,27)/t15-/m1/s1. The van der Waals surface area contributed by atoms with Gasteiger partial charge in [-0.1, -0.05) is 25.1 Å². The molecular weight excluding hydrogens is 386 g/mol. The van der Waals surface area contributed by atoms with Gasteiger partial charge in [-0.05, 0) is 49.7 Å². The highest BCUT2D eigenvalue weighted by Crippen LogP contribution is 2.28. The molecule has 0 saturated heterocycles. The molecule has 0 bridgehead atoms. The van der Waals surface area contributed by atoms with Crippen LogP contribution in [0.4, 0.5) is 0 Å². The SMILES string of the molecule is CCC[C@@H](C)NC(=O)CSc1nnc(-c2ccncc2)n1-c1ccc(OC)cc1. The topological polar surface area (TPSA) is 81.9 Å². The number of aromatic nitrogens is 4. The zero-order chi connectivity index (χ0) is 20.6. The van der Waals surface area contributed by atoms with Crippen LogP contribution in [0, 0.1) is 0 Å². The van der Waals surface area contributed by atoms with Gasteiger partial charge in [-0.3, -0.25) is 14.3 Å². The van der Waals surface area contributed by atoms with Crippen molar-refractivity contribution in [3.05, 3.63) is 48.8 Å². The summed E-state index contributed by atoms with van der Waals surface area (Å²) < 4.78 is 7.21. The molecule has 0 aliphatic carbocycles. The summed E-state index contributed by atoms with van der Waals surface area (Å²) in [5, 5.41) is 12.4. The second-order valence-corrected chi connectivity index (χ2v) is 7.56. The van der Waals surface area contributed by atoms with Crippen molar-refractivity contribution in [2.45, 2.75) is 37.9 Å². The minimum absolute atomic E-state index is 0.00862. The van der Waals surface area contributed by atoms with E-state index < -0.39 is 0 Å². The molecule has 2 aromatic heterocycles. The highest BCUT2D eigenvalue weighted by atomic mass is 32.2. The van der Waals surface area contributed by atoms with Crippen LogP contribution < -0.4 is 10.1 Å². The smallest absolute Gasteiger partial charge is 0.230 e. The minimum atomic E-state index is -0.00862. The highest BCUT2D eigenvalue weighted by molar-refractivity contribution is 7.99. The summed E-state index contributed by atoms with van der Waals surface area (Å²) in [7, 11) is 1.63. The molecule has 0 saturated carbocycles. The van der Waals surface area contributed by atoms with Crippen LogP contribution in [0.2, 0.25) is 0 Å². The van der Waals surface area contributed by atoms with Gasteiger partial charge in [-0.15, -0.1) is 10.2 Å². The molecule has 7 nitrogen and oxygen atoms in total. The van der Waals surface area contributed by atoms with Crippen molar-refractivity contribution in [2.24, 2.45) is 0 Å². The molecule has 0 aliphatic rings. The van der Waals surface area contributed by atoms with Gasteiger partial charge in [0.15, 0.2) is 11.0 Å². The molecule has 8 heteroatoms. The average Bonchev–Trinajstić information content (AvgIpc) is 3.17. The van der Waals surface area contributed by atoms with Gasteiger partial charge in [0, 0.05) is 29.7 Å². The fraction of sp³-hybridized carbons (Fsp3) is 0.333. The number of rotatable bonds is 9. The Balaban J connectivity index is 1.87. The zero-order valence-electron chi connectivity index (χ0n) is 16.8. The number of thioether (sulfide) groups is 1. The van der Waals surface area contributed by atoms with Gasteiger partial charge >= 0.3 is 0 Å². The monoisotopic (exact) mass is 411 g/mol. The van der Waals surface area contributed by atoms with E-state index in [1.807, 2.05) is 47.9 Å². The third-order valence-electron chi connectivity index (χ3n) is 4.36. The van der Waals surface area contributed by atoms with Crippen molar-refractivity contribution in [3.8, 4) is 22.8 Å². The van der Waals surface area contributed by atoms with Gasteiger partial charge in [0.05, 0.1) is 12.9 Å². The van der Waals surface area contributed by atoms with Crippen molar-refractivity contribution >= 4 is 17.7 Å². The third-order valence-corrected chi connectivity index (χ3v) is 5.29. The lowest BCUT2D eigenvalue weighted by atomic mass is 10.2. The molecule has 1 amide bonds. The Morgan fingerprint density at radius 3 is 2.55 bits per heavy atom. The van der Waals surface area contributed by atoms with E-state index in [0.29, 0.717) is 11.0 Å². The normalized spacial score (nSPS) is 11.8. The number of nitrogens with zero attached hydrogens (tertiary/aromatic N) is 4. The molecule has 29 heavy (non-hydrogen) atoms. The molecule has 1 atom stereocenters. The maximum atomic E-state index is 12.3. The van der Waals surface area contributed by atoms with Gasteiger partial charge in [-0.2, -0.15) is 0 Å². The first-order valence-electron chi connectivity index (χ1n) is 9.54. The molecular formula is C21H25N5O2S. The molecule has 2 heterocycles. The first-order valence-corrected chi connectivity index (χ1v) is 10.5. The molecule has 0 radical (unpaired) electrons. The van der Waals surface area contributed by atoms with E-state index in [1.54, 1.807) is 19.5 Å². The van der Waals surface area contributed by atoms with E-state index in [0.717, 1.165) is 29.8 Å². The maximum absolute atomic E-state index is 12.3. The number of pyridine rings is 1. The lowest BCUT2D eigenvalue weighted by Crippen LogP contribution is -2.33. The van der Waals surface area contributed by atoms with E-state index in [2.05, 4.69) is 27.4 Å². The summed E-state index contributed by atoms with van der Waals surface area (Å²) in [6.07, 6.45) is 5.44. The van der Waals surface area contributed by atoms with E-state index in [-0.39, 0.29) is 17.7 Å². The number of benzene rings is 1. The van der Waals surface area contributed by atoms with Crippen LogP contribution in [0.1, 0.15) is 26.7 Å². The molecule has 1 N–H and O–H groups in total. The van der Waals surface area contributed by atoms with E-state index in [9.17, 15) is 4.79 Å². The molecule has 152 valence electrons. The number of carbonyl (C=O) groups excluding carboxylic acids is 1. The molecule has 0 fully saturated rings. The van der Waals surface area contributed by atoms with Gasteiger partial charge in [-0.25, -0.2) is 0 Å². The van der Waals surface area contributed by atoms with E-state index in [4.69, 9.17) is 4.74 Å². The predicted molar refractivity (Wildman–Crippen MR) is 114 cm³/mol. The Bertz CT molecular complexity index is 928. The number of methoxy groups -OCH3 is 1. The molecule has 3 aromatic rings. The Morgan fingerprint density at radius 1 is 1.17 bits per heavy atom. The van der Waals surface area contributed by atoms with Gasteiger partial charge < -0.3 is 10.1 Å². The molecule has 0 aliphatic heterocycles. The Labute approximate surface area is 174 Å². The van der Waals surface area contributed by atoms with Crippen LogP contribution in [0.25, 0.3) is 17.1 Å². The van der Waals surface area contributed by atoms with Gasteiger partial charge in [0.25, 0.3) is 0 Å². The predicted octanol–water partition coefficient (Wildman–Crippen LogP) is 3.73. The first-order chi connectivity index (χ1) is 14.1. The van der Waals surface area contributed by atoms with Crippen molar-refractivity contribution in [1.82, 2.24) is 25.1 Å². The largest absolute Gasteiger partial charge is 0.497 e. The first kappa shape index (κ1) is 20.9. The minimum Gasteiger partial charge on any atom is -0.497 e. The summed E-state index contributed by atoms with van der Waals surface area (Å²) in [5.41, 5.74) is 1.79. The van der Waals surface area contributed by atoms with Crippen molar-refractivity contribution in [1.29, 1.82) is 0 Å². The lowest BCUT2D eigenvalue weighted by molar-refractivity contribution is -0.119. The van der Waals surface area contributed by atoms with Crippen LogP contribution in [-0.4, -0.2) is 44.6 Å². The molecule has 1 aromatic carbocycles. The summed E-state index contributed by atoms with van der Waals surface area (Å²) in [5.74, 6) is 1.73. The maximum Gasteiger partial charge on any atom is 0.230 e. The Morgan fingerprint density at radius 2 is 1.90 bits per heavy atom. The Kier molecular flexibility index (Phi) is 7.24. The number of ether oxygens (including phenoxy) is 1. The van der Waals surface area contributed by atoms with Crippen LogP contribution in [0.3, 0.4) is 0 Å². The van der Waals surface area contributed by atoms with Crippen LogP contribution in [0.15, 0.2) is 53.9 Å². The molecule has 3 rings (SSSR count). The lowest BCUT2D eigenvalue weighted by Gasteiger charge is -2.13. The fourth-order valence-electron chi connectivity index (χ4n) is 2.97. The second-order valence-electron chi connectivity index (χ2n) is 6.62. The van der Waals surface area contributed by atoms with Gasteiger partial charge in [0.1, 0.15) is 5.75 Å². The third kappa shape index (κ3) is 5.35.